The summed E-state index contributed by atoms with van der Waals surface area (Å²) in [6.07, 6.45) is 6.46. The zero-order valence-corrected chi connectivity index (χ0v) is 18.1. The molecular weight excluding hydrogens is 434 g/mol. The smallest absolute Gasteiger partial charge is 0.283 e. The number of carbonyl (C=O) groups is 1. The highest BCUT2D eigenvalue weighted by Gasteiger charge is 2.17. The van der Waals surface area contributed by atoms with E-state index in [1.54, 1.807) is 41.2 Å². The number of ketones is 1. The Labute approximate surface area is 189 Å². The van der Waals surface area contributed by atoms with E-state index >= 15 is 0 Å². The number of nitro groups is 1. The van der Waals surface area contributed by atoms with Crippen molar-refractivity contribution in [3.05, 3.63) is 100 Å². The van der Waals surface area contributed by atoms with Crippen molar-refractivity contribution in [2.45, 2.75) is 10.1 Å². The second kappa shape index (κ2) is 9.59. The Morgan fingerprint density at radius 1 is 1.10 bits per heavy atom. The molecule has 0 saturated heterocycles. The molecule has 1 heterocycles. The third-order valence-corrected chi connectivity index (χ3v) is 5.76. The summed E-state index contributed by atoms with van der Waals surface area (Å²) >= 11 is 1.23. The fraction of sp³-hybridized carbons (Fsp3) is 0.0435. The van der Waals surface area contributed by atoms with Gasteiger partial charge in [-0.3, -0.25) is 14.9 Å². The van der Waals surface area contributed by atoms with Crippen molar-refractivity contribution in [2.24, 2.45) is 7.05 Å². The van der Waals surface area contributed by atoms with Crippen molar-refractivity contribution in [3.8, 4) is 0 Å². The van der Waals surface area contributed by atoms with Gasteiger partial charge in [0, 0.05) is 31.1 Å². The maximum Gasteiger partial charge on any atom is 0.283 e. The SMILES string of the molecule is Cl.Cn1ccnc1Sc1ccc(C=CC(=O)c2ccc3ccccc3c2)cc1[N+](=O)[O-]. The fourth-order valence-corrected chi connectivity index (χ4v) is 3.92. The number of nitrogens with zero attached hydrogens (tertiary/aromatic N) is 3. The first-order chi connectivity index (χ1) is 14.5. The lowest BCUT2D eigenvalue weighted by Gasteiger charge is -2.04. The van der Waals surface area contributed by atoms with Crippen LogP contribution in [-0.2, 0) is 7.05 Å². The summed E-state index contributed by atoms with van der Waals surface area (Å²) in [6.45, 7) is 0. The van der Waals surface area contributed by atoms with Gasteiger partial charge in [-0.1, -0.05) is 48.5 Å². The maximum atomic E-state index is 12.6. The summed E-state index contributed by atoms with van der Waals surface area (Å²) in [7, 11) is 1.83. The van der Waals surface area contributed by atoms with Crippen molar-refractivity contribution in [1.82, 2.24) is 9.55 Å². The van der Waals surface area contributed by atoms with Gasteiger partial charge in [0.1, 0.15) is 0 Å². The molecular formula is C23H18ClN3O3S. The Kier molecular flexibility index (Phi) is 6.89. The van der Waals surface area contributed by atoms with Crippen LogP contribution < -0.4 is 0 Å². The quantitative estimate of drug-likeness (QED) is 0.157. The molecule has 4 aromatic rings. The van der Waals surface area contributed by atoms with Crippen LogP contribution in [0.25, 0.3) is 16.8 Å². The number of fused-ring (bicyclic) bond motifs is 1. The van der Waals surface area contributed by atoms with Crippen LogP contribution in [0.15, 0.2) is 89.2 Å². The van der Waals surface area contributed by atoms with Gasteiger partial charge in [0.05, 0.1) is 9.82 Å². The van der Waals surface area contributed by atoms with E-state index in [9.17, 15) is 14.9 Å². The number of carbonyl (C=O) groups excluding carboxylic acids is 1. The Hall–Kier alpha value is -3.42. The molecule has 3 aromatic carbocycles. The topological polar surface area (TPSA) is 78.0 Å². The molecule has 0 N–H and O–H groups in total. The summed E-state index contributed by atoms with van der Waals surface area (Å²) in [6, 6.07) is 18.3. The Morgan fingerprint density at radius 3 is 2.58 bits per heavy atom. The molecule has 0 radical (unpaired) electrons. The van der Waals surface area contributed by atoms with E-state index in [4.69, 9.17) is 0 Å². The first-order valence-corrected chi connectivity index (χ1v) is 9.98. The molecule has 31 heavy (non-hydrogen) atoms. The van der Waals surface area contributed by atoms with E-state index in [1.165, 1.54) is 23.9 Å². The van der Waals surface area contributed by atoms with E-state index in [1.807, 2.05) is 43.4 Å². The van der Waals surface area contributed by atoms with Crippen LogP contribution in [-0.4, -0.2) is 20.3 Å². The highest BCUT2D eigenvalue weighted by Crippen LogP contribution is 2.34. The molecule has 0 aliphatic carbocycles. The van der Waals surface area contributed by atoms with Gasteiger partial charge in [-0.2, -0.15) is 0 Å². The van der Waals surface area contributed by atoms with Crippen LogP contribution in [0.5, 0.6) is 0 Å². The van der Waals surface area contributed by atoms with Gasteiger partial charge in [-0.25, -0.2) is 4.98 Å². The first kappa shape index (κ1) is 22.3. The van der Waals surface area contributed by atoms with Crippen LogP contribution >= 0.6 is 24.2 Å². The van der Waals surface area contributed by atoms with Crippen LogP contribution in [0.1, 0.15) is 15.9 Å². The number of allylic oxidation sites excluding steroid dienone is 1. The first-order valence-electron chi connectivity index (χ1n) is 9.16. The van der Waals surface area contributed by atoms with Crippen molar-refractivity contribution < 1.29 is 9.72 Å². The molecule has 0 amide bonds. The maximum absolute atomic E-state index is 12.6. The standard InChI is InChI=1S/C23H17N3O3S.ClH/c1-25-13-12-24-23(25)30-22-11-7-16(14-20(22)26(28)29)6-10-21(27)19-9-8-17-4-2-3-5-18(17)15-19;/h2-15H,1H3;1H. The number of rotatable bonds is 6. The monoisotopic (exact) mass is 451 g/mol. The number of hydrogen-bond donors (Lipinski definition) is 0. The van der Waals surface area contributed by atoms with E-state index < -0.39 is 4.92 Å². The predicted molar refractivity (Wildman–Crippen MR) is 125 cm³/mol. The summed E-state index contributed by atoms with van der Waals surface area (Å²) in [5, 5.41) is 14.3. The van der Waals surface area contributed by atoms with E-state index in [-0.39, 0.29) is 23.9 Å². The number of nitro benzene ring substituents is 1. The molecule has 0 aliphatic rings. The third kappa shape index (κ3) is 5.02. The van der Waals surface area contributed by atoms with Gasteiger partial charge < -0.3 is 4.57 Å². The minimum Gasteiger partial charge on any atom is -0.329 e. The minimum atomic E-state index is -0.423. The summed E-state index contributed by atoms with van der Waals surface area (Å²) in [5.74, 6) is -0.158. The number of aromatic nitrogens is 2. The highest BCUT2D eigenvalue weighted by molar-refractivity contribution is 7.99. The molecule has 156 valence electrons. The molecule has 0 unspecified atom stereocenters. The third-order valence-electron chi connectivity index (χ3n) is 4.62. The average Bonchev–Trinajstić information content (AvgIpc) is 3.16. The van der Waals surface area contributed by atoms with Crippen molar-refractivity contribution in [2.75, 3.05) is 0 Å². The molecule has 0 atom stereocenters. The highest BCUT2D eigenvalue weighted by atomic mass is 35.5. The predicted octanol–water partition coefficient (Wildman–Crippen LogP) is 5.95. The van der Waals surface area contributed by atoms with E-state index in [0.29, 0.717) is 21.2 Å². The molecule has 0 aliphatic heterocycles. The molecule has 6 nitrogen and oxygen atoms in total. The lowest BCUT2D eigenvalue weighted by molar-refractivity contribution is -0.387. The molecule has 0 spiro atoms. The van der Waals surface area contributed by atoms with E-state index in [2.05, 4.69) is 4.98 Å². The number of aryl methyl sites for hydroxylation is 1. The zero-order valence-electron chi connectivity index (χ0n) is 16.5. The Balaban J connectivity index is 0.00000272. The average molecular weight is 452 g/mol. The number of halogens is 1. The summed E-state index contributed by atoms with van der Waals surface area (Å²) < 4.78 is 1.80. The number of imidazole rings is 1. The van der Waals surface area contributed by atoms with Crippen molar-refractivity contribution in [3.63, 3.8) is 0 Å². The van der Waals surface area contributed by atoms with Gasteiger partial charge in [0.15, 0.2) is 10.9 Å². The number of hydrogen-bond acceptors (Lipinski definition) is 5. The number of benzene rings is 3. The normalized spacial score (nSPS) is 10.9. The molecule has 8 heteroatoms. The van der Waals surface area contributed by atoms with Gasteiger partial charge in [0.2, 0.25) is 0 Å². The fourth-order valence-electron chi connectivity index (χ4n) is 3.03. The van der Waals surface area contributed by atoms with Crippen molar-refractivity contribution in [1.29, 1.82) is 0 Å². The van der Waals surface area contributed by atoms with Gasteiger partial charge >= 0.3 is 0 Å². The molecule has 0 saturated carbocycles. The second-order valence-electron chi connectivity index (χ2n) is 6.67. The minimum absolute atomic E-state index is 0. The second-order valence-corrected chi connectivity index (χ2v) is 7.68. The van der Waals surface area contributed by atoms with E-state index in [0.717, 1.165) is 10.8 Å². The summed E-state index contributed by atoms with van der Waals surface area (Å²) in [4.78, 5) is 28.4. The van der Waals surface area contributed by atoms with Crippen molar-refractivity contribution >= 4 is 52.5 Å². The van der Waals surface area contributed by atoms with Crippen LogP contribution in [0, 0.1) is 10.1 Å². The summed E-state index contributed by atoms with van der Waals surface area (Å²) in [5.41, 5.74) is 1.13. The van der Waals surface area contributed by atoms with Gasteiger partial charge in [-0.15, -0.1) is 12.4 Å². The largest absolute Gasteiger partial charge is 0.329 e. The zero-order chi connectivity index (χ0) is 21.1. The van der Waals surface area contributed by atoms with Gasteiger partial charge in [-0.05, 0) is 46.3 Å². The Bertz CT molecular complexity index is 1300. The Morgan fingerprint density at radius 2 is 1.87 bits per heavy atom. The lowest BCUT2D eigenvalue weighted by atomic mass is 10.0. The van der Waals surface area contributed by atoms with Crippen LogP contribution in [0.3, 0.4) is 0 Å². The molecule has 0 fully saturated rings. The van der Waals surface area contributed by atoms with Crippen LogP contribution in [0.4, 0.5) is 5.69 Å². The van der Waals surface area contributed by atoms with Crippen LogP contribution in [0.2, 0.25) is 0 Å². The molecule has 1 aromatic heterocycles. The van der Waals surface area contributed by atoms with Gasteiger partial charge in [0.25, 0.3) is 5.69 Å². The molecule has 4 rings (SSSR count). The lowest BCUT2D eigenvalue weighted by Crippen LogP contribution is -1.95. The molecule has 0 bridgehead atoms.